The third kappa shape index (κ3) is 5.02. The van der Waals surface area contributed by atoms with Crippen molar-refractivity contribution in [3.63, 3.8) is 0 Å². The number of anilines is 1. The second kappa shape index (κ2) is 9.25. The maximum Gasteiger partial charge on any atom is 0.317 e. The number of furan rings is 1. The first-order valence-electron chi connectivity index (χ1n) is 10.7. The molecule has 7 nitrogen and oxygen atoms in total. The van der Waals surface area contributed by atoms with Gasteiger partial charge in [-0.25, -0.2) is 4.39 Å². The Kier molecular flexibility index (Phi) is 6.40. The van der Waals surface area contributed by atoms with Crippen LogP contribution in [-0.4, -0.2) is 34.4 Å². The van der Waals surface area contributed by atoms with E-state index in [1.165, 1.54) is 12.1 Å². The molecule has 2 aromatic carbocycles. The van der Waals surface area contributed by atoms with E-state index in [2.05, 4.69) is 5.32 Å². The predicted molar refractivity (Wildman–Crippen MR) is 121 cm³/mol. The van der Waals surface area contributed by atoms with Crippen molar-refractivity contribution in [1.29, 1.82) is 0 Å². The van der Waals surface area contributed by atoms with Crippen molar-refractivity contribution in [1.82, 2.24) is 5.32 Å². The van der Waals surface area contributed by atoms with Gasteiger partial charge in [0.2, 0.25) is 0 Å². The lowest BCUT2D eigenvalue weighted by Gasteiger charge is -2.47. The fourth-order valence-corrected chi connectivity index (χ4v) is 4.10. The van der Waals surface area contributed by atoms with E-state index in [0.29, 0.717) is 23.8 Å². The summed E-state index contributed by atoms with van der Waals surface area (Å²) in [7, 11) is 0. The van der Waals surface area contributed by atoms with Gasteiger partial charge in [-0.05, 0) is 56.3 Å². The molecule has 2 heterocycles. The number of para-hydroxylation sites is 1. The van der Waals surface area contributed by atoms with Gasteiger partial charge in [0.1, 0.15) is 34.8 Å². The molecular formula is C25H27FN2O5. The zero-order valence-electron chi connectivity index (χ0n) is 18.5. The molecule has 1 aliphatic rings. The van der Waals surface area contributed by atoms with Gasteiger partial charge in [0, 0.05) is 11.3 Å². The second-order valence-corrected chi connectivity index (χ2v) is 8.60. The first kappa shape index (κ1) is 22.8. The van der Waals surface area contributed by atoms with Crippen molar-refractivity contribution in [2.75, 3.05) is 11.4 Å². The van der Waals surface area contributed by atoms with E-state index >= 15 is 0 Å². The molecular weight excluding hydrogens is 427 g/mol. The summed E-state index contributed by atoms with van der Waals surface area (Å²) in [5.41, 5.74) is 0.685. The van der Waals surface area contributed by atoms with Crippen LogP contribution in [0, 0.1) is 5.82 Å². The second-order valence-electron chi connectivity index (χ2n) is 8.60. The van der Waals surface area contributed by atoms with Crippen molar-refractivity contribution in [3.05, 3.63) is 83.6 Å². The van der Waals surface area contributed by atoms with Crippen molar-refractivity contribution in [2.24, 2.45) is 0 Å². The van der Waals surface area contributed by atoms with Crippen molar-refractivity contribution in [3.8, 4) is 5.75 Å². The smallest absolute Gasteiger partial charge is 0.317 e. The van der Waals surface area contributed by atoms with Gasteiger partial charge in [-0.1, -0.05) is 18.2 Å². The molecule has 3 aromatic rings. The predicted octanol–water partition coefficient (Wildman–Crippen LogP) is 3.87. The summed E-state index contributed by atoms with van der Waals surface area (Å²) in [4.78, 5) is 12.7. The highest BCUT2D eigenvalue weighted by Gasteiger charge is 2.45. The highest BCUT2D eigenvalue weighted by Crippen LogP contribution is 2.44. The molecule has 33 heavy (non-hydrogen) atoms. The number of fused-ring (bicyclic) bond motifs is 1. The highest BCUT2D eigenvalue weighted by molar-refractivity contribution is 5.69. The standard InChI is InChI=1S/C25H27FN2O5/c1-25(2)24(31)23(20-5-3-4-6-21(20)33-25)28(17-9-7-16(26)8-10-17)15-19-12-11-18(32-19)13-27-14-22(29)30/h3-12,23-24,27,31H,13-15H2,1-2H3,(H,29,30). The third-order valence-corrected chi connectivity index (χ3v) is 5.74. The molecule has 0 aliphatic carbocycles. The summed E-state index contributed by atoms with van der Waals surface area (Å²) >= 11 is 0. The quantitative estimate of drug-likeness (QED) is 0.476. The maximum atomic E-state index is 13.7. The molecule has 0 saturated heterocycles. The number of carboxylic acids is 1. The van der Waals surface area contributed by atoms with Gasteiger partial charge >= 0.3 is 5.97 Å². The fraction of sp³-hybridized carbons (Fsp3) is 0.320. The topological polar surface area (TPSA) is 95.2 Å². The van der Waals surface area contributed by atoms with Crippen LogP contribution < -0.4 is 15.0 Å². The van der Waals surface area contributed by atoms with Crippen LogP contribution in [0.25, 0.3) is 0 Å². The monoisotopic (exact) mass is 454 g/mol. The average Bonchev–Trinajstić information content (AvgIpc) is 3.21. The highest BCUT2D eigenvalue weighted by atomic mass is 19.1. The number of aliphatic carboxylic acids is 1. The molecule has 3 N–H and O–H groups in total. The Hall–Kier alpha value is -3.36. The zero-order valence-corrected chi connectivity index (χ0v) is 18.5. The number of hydrogen-bond donors (Lipinski definition) is 3. The van der Waals surface area contributed by atoms with E-state index in [1.807, 2.05) is 49.1 Å². The number of rotatable bonds is 8. The van der Waals surface area contributed by atoms with Gasteiger partial charge in [-0.15, -0.1) is 0 Å². The number of ether oxygens (including phenoxy) is 1. The zero-order chi connectivity index (χ0) is 23.6. The largest absolute Gasteiger partial charge is 0.485 e. The van der Waals surface area contributed by atoms with Crippen LogP contribution in [0.2, 0.25) is 0 Å². The average molecular weight is 454 g/mol. The molecule has 0 bridgehead atoms. The third-order valence-electron chi connectivity index (χ3n) is 5.74. The molecule has 8 heteroatoms. The van der Waals surface area contributed by atoms with Gasteiger partial charge in [-0.3, -0.25) is 10.1 Å². The van der Waals surface area contributed by atoms with Crippen LogP contribution in [0.1, 0.15) is 37.0 Å². The summed E-state index contributed by atoms with van der Waals surface area (Å²) in [6, 6.07) is 16.8. The number of hydrogen-bond acceptors (Lipinski definition) is 6. The van der Waals surface area contributed by atoms with Crippen LogP contribution >= 0.6 is 0 Å². The summed E-state index contributed by atoms with van der Waals surface area (Å²) in [6.07, 6.45) is -0.885. The lowest BCUT2D eigenvalue weighted by molar-refractivity contribution is -0.136. The van der Waals surface area contributed by atoms with E-state index in [4.69, 9.17) is 14.3 Å². The van der Waals surface area contributed by atoms with Crippen molar-refractivity contribution >= 4 is 11.7 Å². The summed E-state index contributed by atoms with van der Waals surface area (Å²) in [5, 5.41) is 22.9. The van der Waals surface area contributed by atoms with E-state index in [0.717, 1.165) is 11.3 Å². The molecule has 1 aromatic heterocycles. The number of carboxylic acid groups (broad SMARTS) is 1. The Morgan fingerprint density at radius 1 is 1.09 bits per heavy atom. The van der Waals surface area contributed by atoms with E-state index in [1.54, 1.807) is 18.2 Å². The Morgan fingerprint density at radius 3 is 2.52 bits per heavy atom. The lowest BCUT2D eigenvalue weighted by atomic mass is 9.85. The van der Waals surface area contributed by atoms with E-state index < -0.39 is 23.7 Å². The van der Waals surface area contributed by atoms with Crippen LogP contribution in [0.15, 0.2) is 65.1 Å². The Labute approximate surface area is 191 Å². The molecule has 0 fully saturated rings. The molecule has 1 aliphatic heterocycles. The minimum atomic E-state index is -0.945. The molecule has 0 saturated carbocycles. The number of benzene rings is 2. The Bertz CT molecular complexity index is 1110. The minimum absolute atomic E-state index is 0.169. The number of nitrogens with zero attached hydrogens (tertiary/aromatic N) is 1. The van der Waals surface area contributed by atoms with Crippen LogP contribution in [-0.2, 0) is 17.9 Å². The SMILES string of the molecule is CC1(C)Oc2ccccc2C(N(Cc2ccc(CNCC(=O)O)o2)c2ccc(F)cc2)C1O. The molecule has 0 spiro atoms. The van der Waals surface area contributed by atoms with E-state index in [9.17, 15) is 14.3 Å². The number of halogens is 1. The van der Waals surface area contributed by atoms with Crippen LogP contribution in [0.3, 0.4) is 0 Å². The molecule has 0 radical (unpaired) electrons. The first-order chi connectivity index (χ1) is 15.7. The summed E-state index contributed by atoms with van der Waals surface area (Å²) < 4.78 is 25.7. The molecule has 174 valence electrons. The number of aliphatic hydroxyl groups excluding tert-OH is 1. The minimum Gasteiger partial charge on any atom is -0.485 e. The normalized spacial score (nSPS) is 18.9. The number of carbonyl (C=O) groups is 1. The van der Waals surface area contributed by atoms with Gasteiger partial charge in [0.15, 0.2) is 0 Å². The molecule has 2 unspecified atom stereocenters. The molecule has 4 rings (SSSR count). The Balaban J connectivity index is 1.69. The fourth-order valence-electron chi connectivity index (χ4n) is 4.10. The van der Waals surface area contributed by atoms with E-state index in [-0.39, 0.29) is 18.9 Å². The van der Waals surface area contributed by atoms with Crippen molar-refractivity contribution < 1.29 is 28.6 Å². The number of nitrogens with one attached hydrogen (secondary N) is 1. The lowest BCUT2D eigenvalue weighted by Crippen LogP contribution is -2.53. The first-order valence-corrected chi connectivity index (χ1v) is 10.7. The summed E-state index contributed by atoms with van der Waals surface area (Å²) in [6.45, 7) is 4.08. The van der Waals surface area contributed by atoms with Crippen LogP contribution in [0.5, 0.6) is 5.75 Å². The summed E-state index contributed by atoms with van der Waals surface area (Å²) in [5.74, 6) is 0.609. The van der Waals surface area contributed by atoms with Gasteiger partial charge in [0.25, 0.3) is 0 Å². The van der Waals surface area contributed by atoms with Crippen LogP contribution in [0.4, 0.5) is 10.1 Å². The molecule has 0 amide bonds. The Morgan fingerprint density at radius 2 is 1.79 bits per heavy atom. The van der Waals surface area contributed by atoms with Gasteiger partial charge < -0.3 is 24.3 Å². The van der Waals surface area contributed by atoms with Crippen molar-refractivity contribution in [2.45, 2.75) is 44.7 Å². The number of aliphatic hydroxyl groups is 1. The maximum absolute atomic E-state index is 13.7. The van der Waals surface area contributed by atoms with Gasteiger partial charge in [0.05, 0.1) is 25.7 Å². The molecule has 2 atom stereocenters. The van der Waals surface area contributed by atoms with Gasteiger partial charge in [-0.2, -0.15) is 0 Å².